The van der Waals surface area contributed by atoms with E-state index >= 15 is 0 Å². The van der Waals surface area contributed by atoms with Gasteiger partial charge < -0.3 is 15.1 Å². The van der Waals surface area contributed by atoms with Crippen molar-refractivity contribution in [3.63, 3.8) is 0 Å². The molecule has 0 radical (unpaired) electrons. The number of carbonyl (C=O) groups excluding carboxylic acids is 1. The quantitative estimate of drug-likeness (QED) is 0.851. The van der Waals surface area contributed by atoms with Gasteiger partial charge >= 0.3 is 0 Å². The van der Waals surface area contributed by atoms with Gasteiger partial charge in [-0.25, -0.2) is 0 Å². The van der Waals surface area contributed by atoms with Crippen LogP contribution in [0.3, 0.4) is 0 Å². The van der Waals surface area contributed by atoms with Crippen LogP contribution in [0.15, 0.2) is 35.0 Å². The maximum Gasteiger partial charge on any atom is 0.258 e. The second-order valence-electron chi connectivity index (χ2n) is 4.97. The summed E-state index contributed by atoms with van der Waals surface area (Å²) in [4.78, 5) is 14.4. The number of benzene rings is 1. The standard InChI is InChI=1S/C15H15NO3S/c17-13-3-1-2-12(14(13)18)15(19)16(11-4-5-11)8-10-6-7-20-9-10/h1-3,6-7,9,11,17-18H,4-5,8H2. The van der Waals surface area contributed by atoms with Crippen molar-refractivity contribution >= 4 is 17.2 Å². The second kappa shape index (κ2) is 5.17. The molecule has 1 heterocycles. The highest BCUT2D eigenvalue weighted by Crippen LogP contribution is 2.34. The Labute approximate surface area is 120 Å². The van der Waals surface area contributed by atoms with Crippen molar-refractivity contribution in [3.8, 4) is 11.5 Å². The highest BCUT2D eigenvalue weighted by atomic mass is 32.1. The summed E-state index contributed by atoms with van der Waals surface area (Å²) in [6.07, 6.45) is 1.99. The van der Waals surface area contributed by atoms with Crippen LogP contribution in [-0.2, 0) is 6.54 Å². The van der Waals surface area contributed by atoms with Crippen molar-refractivity contribution < 1.29 is 15.0 Å². The van der Waals surface area contributed by atoms with E-state index in [0.717, 1.165) is 18.4 Å². The Kier molecular flexibility index (Phi) is 3.36. The summed E-state index contributed by atoms with van der Waals surface area (Å²) in [6, 6.07) is 6.71. The molecule has 104 valence electrons. The topological polar surface area (TPSA) is 60.8 Å². The van der Waals surface area contributed by atoms with E-state index in [9.17, 15) is 15.0 Å². The van der Waals surface area contributed by atoms with Crippen LogP contribution < -0.4 is 0 Å². The number of aromatic hydroxyl groups is 2. The summed E-state index contributed by atoms with van der Waals surface area (Å²) in [7, 11) is 0. The summed E-state index contributed by atoms with van der Waals surface area (Å²) in [5.74, 6) is -0.831. The third kappa shape index (κ3) is 2.49. The van der Waals surface area contributed by atoms with E-state index in [1.54, 1.807) is 28.4 Å². The third-order valence-corrected chi connectivity index (χ3v) is 4.16. The average molecular weight is 289 g/mol. The number of phenols is 2. The maximum absolute atomic E-state index is 12.6. The Morgan fingerprint density at radius 2 is 2.10 bits per heavy atom. The van der Waals surface area contributed by atoms with Gasteiger partial charge in [0, 0.05) is 12.6 Å². The van der Waals surface area contributed by atoms with Crippen molar-refractivity contribution in [2.75, 3.05) is 0 Å². The summed E-state index contributed by atoms with van der Waals surface area (Å²) >= 11 is 1.60. The SMILES string of the molecule is O=C(c1cccc(O)c1O)N(Cc1ccsc1)C1CC1. The van der Waals surface area contributed by atoms with E-state index in [1.807, 2.05) is 16.8 Å². The molecular weight excluding hydrogens is 274 g/mol. The van der Waals surface area contributed by atoms with Gasteiger partial charge in [0.1, 0.15) is 0 Å². The molecule has 1 amide bonds. The summed E-state index contributed by atoms with van der Waals surface area (Å²) < 4.78 is 0. The Morgan fingerprint density at radius 3 is 2.75 bits per heavy atom. The Hall–Kier alpha value is -2.01. The van der Waals surface area contributed by atoms with Gasteiger partial charge in [-0.1, -0.05) is 6.07 Å². The fourth-order valence-electron chi connectivity index (χ4n) is 2.19. The fourth-order valence-corrected chi connectivity index (χ4v) is 2.85. The minimum absolute atomic E-state index is 0.159. The number of rotatable bonds is 4. The highest BCUT2D eigenvalue weighted by molar-refractivity contribution is 7.07. The molecule has 3 rings (SSSR count). The van der Waals surface area contributed by atoms with Crippen LogP contribution >= 0.6 is 11.3 Å². The molecule has 1 aromatic heterocycles. The van der Waals surface area contributed by atoms with E-state index in [2.05, 4.69) is 0 Å². The third-order valence-electron chi connectivity index (χ3n) is 3.43. The molecule has 1 fully saturated rings. The lowest BCUT2D eigenvalue weighted by molar-refractivity contribution is 0.0726. The number of phenolic OH excluding ortho intramolecular Hbond substituents is 2. The van der Waals surface area contributed by atoms with Crippen LogP contribution in [0.1, 0.15) is 28.8 Å². The monoisotopic (exact) mass is 289 g/mol. The van der Waals surface area contributed by atoms with E-state index < -0.39 is 0 Å². The van der Waals surface area contributed by atoms with Crippen molar-refractivity contribution in [1.82, 2.24) is 4.90 Å². The van der Waals surface area contributed by atoms with Gasteiger partial charge in [-0.05, 0) is 47.4 Å². The first-order chi connectivity index (χ1) is 9.66. The lowest BCUT2D eigenvalue weighted by Crippen LogP contribution is -2.32. The van der Waals surface area contributed by atoms with Crippen LogP contribution in [0.4, 0.5) is 0 Å². The van der Waals surface area contributed by atoms with Crippen molar-refractivity contribution in [3.05, 3.63) is 46.2 Å². The molecule has 1 aliphatic carbocycles. The van der Waals surface area contributed by atoms with Gasteiger partial charge in [-0.2, -0.15) is 11.3 Å². The lowest BCUT2D eigenvalue weighted by Gasteiger charge is -2.22. The molecular formula is C15H15NO3S. The van der Waals surface area contributed by atoms with Gasteiger partial charge in [0.25, 0.3) is 5.91 Å². The minimum Gasteiger partial charge on any atom is -0.504 e. The van der Waals surface area contributed by atoms with E-state index in [-0.39, 0.29) is 29.0 Å². The van der Waals surface area contributed by atoms with Crippen LogP contribution in [0.25, 0.3) is 0 Å². The van der Waals surface area contributed by atoms with Crippen LogP contribution in [-0.4, -0.2) is 27.1 Å². The number of nitrogens with zero attached hydrogens (tertiary/aromatic N) is 1. The summed E-state index contributed by atoms with van der Waals surface area (Å²) in [5.41, 5.74) is 1.25. The highest BCUT2D eigenvalue weighted by Gasteiger charge is 2.34. The normalized spacial score (nSPS) is 14.2. The predicted molar refractivity (Wildman–Crippen MR) is 77.0 cm³/mol. The van der Waals surface area contributed by atoms with Gasteiger partial charge in [0.05, 0.1) is 5.56 Å². The molecule has 0 atom stereocenters. The smallest absolute Gasteiger partial charge is 0.258 e. The Bertz CT molecular complexity index is 620. The molecule has 1 aliphatic rings. The molecule has 0 bridgehead atoms. The maximum atomic E-state index is 12.6. The molecule has 4 nitrogen and oxygen atoms in total. The van der Waals surface area contributed by atoms with Crippen LogP contribution in [0.2, 0.25) is 0 Å². The lowest BCUT2D eigenvalue weighted by atomic mass is 10.1. The largest absolute Gasteiger partial charge is 0.504 e. The first-order valence-corrected chi connectivity index (χ1v) is 7.44. The van der Waals surface area contributed by atoms with E-state index in [1.165, 1.54) is 6.07 Å². The predicted octanol–water partition coefficient (Wildman–Crippen LogP) is 2.96. The van der Waals surface area contributed by atoms with Gasteiger partial charge in [0.2, 0.25) is 0 Å². The van der Waals surface area contributed by atoms with Gasteiger partial charge in [-0.3, -0.25) is 4.79 Å². The number of thiophene rings is 1. The van der Waals surface area contributed by atoms with Gasteiger partial charge in [0.15, 0.2) is 11.5 Å². The second-order valence-corrected chi connectivity index (χ2v) is 5.75. The zero-order valence-corrected chi connectivity index (χ0v) is 11.6. The number of hydrogen-bond donors (Lipinski definition) is 2. The summed E-state index contributed by atoms with van der Waals surface area (Å²) in [5, 5.41) is 23.4. The van der Waals surface area contributed by atoms with Crippen LogP contribution in [0.5, 0.6) is 11.5 Å². The average Bonchev–Trinajstić information content (AvgIpc) is 3.15. The van der Waals surface area contributed by atoms with Gasteiger partial charge in [-0.15, -0.1) is 0 Å². The number of para-hydroxylation sites is 1. The molecule has 1 aromatic carbocycles. The molecule has 1 saturated carbocycles. The molecule has 2 aromatic rings. The molecule has 2 N–H and O–H groups in total. The Balaban J connectivity index is 1.87. The first kappa shape index (κ1) is 13.0. The fraction of sp³-hybridized carbons (Fsp3) is 0.267. The van der Waals surface area contributed by atoms with Crippen molar-refractivity contribution in [2.45, 2.75) is 25.4 Å². The number of amides is 1. The molecule has 0 unspecified atom stereocenters. The zero-order chi connectivity index (χ0) is 14.1. The molecule has 0 saturated heterocycles. The summed E-state index contributed by atoms with van der Waals surface area (Å²) in [6.45, 7) is 0.544. The molecule has 5 heteroatoms. The van der Waals surface area contributed by atoms with Crippen molar-refractivity contribution in [2.24, 2.45) is 0 Å². The number of hydrogen-bond acceptors (Lipinski definition) is 4. The van der Waals surface area contributed by atoms with Crippen molar-refractivity contribution in [1.29, 1.82) is 0 Å². The minimum atomic E-state index is -0.339. The number of carbonyl (C=O) groups is 1. The molecule has 0 spiro atoms. The first-order valence-electron chi connectivity index (χ1n) is 6.50. The van der Waals surface area contributed by atoms with E-state index in [4.69, 9.17) is 0 Å². The Morgan fingerprint density at radius 1 is 1.30 bits per heavy atom. The molecule has 20 heavy (non-hydrogen) atoms. The van der Waals surface area contributed by atoms with Crippen LogP contribution in [0, 0.1) is 0 Å². The van der Waals surface area contributed by atoms with E-state index in [0.29, 0.717) is 6.54 Å². The zero-order valence-electron chi connectivity index (χ0n) is 10.8. The molecule has 0 aliphatic heterocycles.